The molecule has 124 valence electrons. The van der Waals surface area contributed by atoms with Crippen molar-refractivity contribution in [1.29, 1.82) is 5.26 Å². The van der Waals surface area contributed by atoms with Crippen molar-refractivity contribution in [3.63, 3.8) is 0 Å². The van der Waals surface area contributed by atoms with Gasteiger partial charge in [-0.05, 0) is 12.1 Å². The van der Waals surface area contributed by atoms with E-state index in [9.17, 15) is 14.0 Å². The van der Waals surface area contributed by atoms with Gasteiger partial charge >= 0.3 is 0 Å². The molecule has 1 aliphatic heterocycles. The number of aromatic amines is 1. The lowest BCUT2D eigenvalue weighted by Gasteiger charge is -2.27. The van der Waals surface area contributed by atoms with E-state index in [0.29, 0.717) is 11.3 Å². The van der Waals surface area contributed by atoms with Gasteiger partial charge in [0.2, 0.25) is 11.8 Å². The molecule has 1 aliphatic rings. The number of hydrogen-bond acceptors (Lipinski definition) is 4. The van der Waals surface area contributed by atoms with Crippen LogP contribution in [0.3, 0.4) is 0 Å². The summed E-state index contributed by atoms with van der Waals surface area (Å²) in [6.07, 6.45) is 0. The first-order valence-corrected chi connectivity index (χ1v) is 7.36. The van der Waals surface area contributed by atoms with Gasteiger partial charge in [-0.1, -0.05) is 26.8 Å². The molecule has 5 nitrogen and oxygen atoms in total. The standard InChI is InChI=1S/C17H16F2N4O/c1-17(2,3)14-13-11(12-9(18)5-4-6-10(12)19)8(7-20)15(21)24-16(13)23-22-14/h4-6,11H,21H2,1-3H3,(H,22,23)/t11-/m1/s1. The highest BCUT2D eigenvalue weighted by atomic mass is 19.1. The molecule has 0 radical (unpaired) electrons. The van der Waals surface area contributed by atoms with Crippen LogP contribution in [0.15, 0.2) is 29.7 Å². The van der Waals surface area contributed by atoms with Crippen LogP contribution >= 0.6 is 0 Å². The number of nitrogens with two attached hydrogens (primary N) is 1. The predicted molar refractivity (Wildman–Crippen MR) is 82.9 cm³/mol. The molecule has 2 heterocycles. The SMILES string of the molecule is CC(C)(C)c1[nH]nc2c1[C@@H](c1c(F)cccc1F)C(C#N)=C(N)O2. The summed E-state index contributed by atoms with van der Waals surface area (Å²) in [7, 11) is 0. The van der Waals surface area contributed by atoms with Crippen LogP contribution in [0.5, 0.6) is 5.88 Å². The third kappa shape index (κ3) is 2.31. The quantitative estimate of drug-likeness (QED) is 0.840. The minimum atomic E-state index is -1.02. The van der Waals surface area contributed by atoms with Crippen molar-refractivity contribution < 1.29 is 13.5 Å². The van der Waals surface area contributed by atoms with Crippen molar-refractivity contribution in [2.24, 2.45) is 5.73 Å². The lowest BCUT2D eigenvalue weighted by Crippen LogP contribution is -2.25. The van der Waals surface area contributed by atoms with Crippen LogP contribution in [0.25, 0.3) is 0 Å². The van der Waals surface area contributed by atoms with E-state index in [-0.39, 0.29) is 22.9 Å². The second kappa shape index (κ2) is 5.34. The summed E-state index contributed by atoms with van der Waals surface area (Å²) in [5, 5.41) is 16.4. The van der Waals surface area contributed by atoms with E-state index in [0.717, 1.165) is 12.1 Å². The van der Waals surface area contributed by atoms with Gasteiger partial charge in [0.1, 0.15) is 23.3 Å². The van der Waals surface area contributed by atoms with Crippen LogP contribution in [0.2, 0.25) is 0 Å². The number of halogens is 2. The fourth-order valence-electron chi connectivity index (χ4n) is 2.89. The zero-order chi connectivity index (χ0) is 17.6. The second-order valence-electron chi connectivity index (χ2n) is 6.63. The summed E-state index contributed by atoms with van der Waals surface area (Å²) in [4.78, 5) is 0. The molecule has 7 heteroatoms. The summed E-state index contributed by atoms with van der Waals surface area (Å²) in [6, 6.07) is 5.49. The Morgan fingerprint density at radius 3 is 2.42 bits per heavy atom. The van der Waals surface area contributed by atoms with Crippen LogP contribution in [-0.4, -0.2) is 10.2 Å². The average molecular weight is 330 g/mol. The van der Waals surface area contributed by atoms with Crippen LogP contribution in [0.4, 0.5) is 8.78 Å². The largest absolute Gasteiger partial charge is 0.420 e. The molecule has 2 aromatic rings. The Morgan fingerprint density at radius 1 is 1.25 bits per heavy atom. The third-order valence-electron chi connectivity index (χ3n) is 3.98. The monoisotopic (exact) mass is 330 g/mol. The van der Waals surface area contributed by atoms with Crippen molar-refractivity contribution in [1.82, 2.24) is 10.2 Å². The molecule has 3 N–H and O–H groups in total. The average Bonchev–Trinajstić information content (AvgIpc) is 2.90. The first-order valence-electron chi connectivity index (χ1n) is 7.36. The van der Waals surface area contributed by atoms with E-state index >= 15 is 0 Å². The van der Waals surface area contributed by atoms with Gasteiger partial charge in [-0.25, -0.2) is 8.78 Å². The Labute approximate surface area is 137 Å². The summed E-state index contributed by atoms with van der Waals surface area (Å²) >= 11 is 0. The molecule has 0 saturated carbocycles. The summed E-state index contributed by atoms with van der Waals surface area (Å²) in [5.74, 6) is -2.61. The fourth-order valence-corrected chi connectivity index (χ4v) is 2.89. The van der Waals surface area contributed by atoms with Crippen LogP contribution in [0.1, 0.15) is 43.5 Å². The Kier molecular flexibility index (Phi) is 3.56. The number of nitrogens with zero attached hydrogens (tertiary/aromatic N) is 2. The maximum atomic E-state index is 14.4. The highest BCUT2D eigenvalue weighted by Gasteiger charge is 2.40. The van der Waals surface area contributed by atoms with Gasteiger partial charge in [-0.15, -0.1) is 5.10 Å². The van der Waals surface area contributed by atoms with Gasteiger partial charge in [0.05, 0.1) is 11.5 Å². The summed E-state index contributed by atoms with van der Waals surface area (Å²) in [6.45, 7) is 5.76. The zero-order valence-electron chi connectivity index (χ0n) is 13.4. The minimum Gasteiger partial charge on any atom is -0.420 e. The Hall–Kier alpha value is -2.88. The van der Waals surface area contributed by atoms with Crippen LogP contribution < -0.4 is 10.5 Å². The molecule has 0 spiro atoms. The first kappa shape index (κ1) is 16.0. The summed E-state index contributed by atoms with van der Waals surface area (Å²) in [5.41, 5.74) is 6.15. The van der Waals surface area contributed by atoms with E-state index < -0.39 is 23.0 Å². The molecule has 0 bridgehead atoms. The number of H-pyrrole nitrogens is 1. The smallest absolute Gasteiger partial charge is 0.244 e. The van der Waals surface area contributed by atoms with Gasteiger partial charge in [-0.2, -0.15) is 5.26 Å². The Bertz CT molecular complexity index is 867. The number of benzene rings is 1. The van der Waals surface area contributed by atoms with Gasteiger partial charge < -0.3 is 10.5 Å². The maximum absolute atomic E-state index is 14.4. The van der Waals surface area contributed by atoms with Crippen molar-refractivity contribution in [2.75, 3.05) is 0 Å². The van der Waals surface area contributed by atoms with Crippen molar-refractivity contribution in [3.05, 3.63) is 58.1 Å². The normalized spacial score (nSPS) is 17.2. The van der Waals surface area contributed by atoms with Crippen LogP contribution in [-0.2, 0) is 5.41 Å². The van der Waals surface area contributed by atoms with Gasteiger partial charge in [0.25, 0.3) is 0 Å². The number of ether oxygens (including phenoxy) is 1. The molecule has 0 aliphatic carbocycles. The minimum absolute atomic E-state index is 0.0431. The molecule has 0 saturated heterocycles. The van der Waals surface area contributed by atoms with Crippen LogP contribution in [0, 0.1) is 23.0 Å². The van der Waals surface area contributed by atoms with E-state index in [4.69, 9.17) is 10.5 Å². The fraction of sp³-hybridized carbons (Fsp3) is 0.294. The molecule has 24 heavy (non-hydrogen) atoms. The molecule has 1 aromatic carbocycles. The van der Waals surface area contributed by atoms with Crippen molar-refractivity contribution in [3.8, 4) is 11.9 Å². The summed E-state index contributed by atoms with van der Waals surface area (Å²) < 4.78 is 34.2. The lowest BCUT2D eigenvalue weighted by atomic mass is 9.78. The number of allylic oxidation sites excluding steroid dienone is 1. The number of nitriles is 1. The van der Waals surface area contributed by atoms with E-state index in [1.165, 1.54) is 6.07 Å². The molecule has 0 unspecified atom stereocenters. The maximum Gasteiger partial charge on any atom is 0.244 e. The third-order valence-corrected chi connectivity index (χ3v) is 3.98. The molecule has 1 atom stereocenters. The van der Waals surface area contributed by atoms with Crippen molar-refractivity contribution >= 4 is 0 Å². The number of nitrogens with one attached hydrogen (secondary N) is 1. The van der Waals surface area contributed by atoms with Gasteiger partial charge in [0.15, 0.2) is 0 Å². The van der Waals surface area contributed by atoms with Gasteiger partial charge in [-0.3, -0.25) is 5.10 Å². The second-order valence-corrected chi connectivity index (χ2v) is 6.63. The first-order chi connectivity index (χ1) is 11.3. The molecule has 0 amide bonds. The highest BCUT2D eigenvalue weighted by Crippen LogP contribution is 2.46. The Balaban J connectivity index is 2.36. The number of rotatable bonds is 1. The highest BCUT2D eigenvalue weighted by molar-refractivity contribution is 5.56. The molecular weight excluding hydrogens is 314 g/mol. The number of fused-ring (bicyclic) bond motifs is 1. The zero-order valence-corrected chi connectivity index (χ0v) is 13.4. The Morgan fingerprint density at radius 2 is 1.88 bits per heavy atom. The van der Waals surface area contributed by atoms with Crippen molar-refractivity contribution in [2.45, 2.75) is 32.1 Å². The number of aromatic nitrogens is 2. The predicted octanol–water partition coefficient (Wildman–Crippen LogP) is 3.20. The topological polar surface area (TPSA) is 87.7 Å². The number of hydrogen-bond donors (Lipinski definition) is 2. The molecule has 1 aromatic heterocycles. The van der Waals surface area contributed by atoms with E-state index in [1.54, 1.807) is 0 Å². The molecule has 3 rings (SSSR count). The molecular formula is C17H16F2N4O. The van der Waals surface area contributed by atoms with Gasteiger partial charge in [0, 0.05) is 16.7 Å². The van der Waals surface area contributed by atoms with E-state index in [2.05, 4.69) is 10.2 Å². The van der Waals surface area contributed by atoms with E-state index in [1.807, 2.05) is 26.8 Å². The lowest BCUT2D eigenvalue weighted by molar-refractivity contribution is 0.375. The molecule has 0 fully saturated rings.